The van der Waals surface area contributed by atoms with Gasteiger partial charge in [-0.25, -0.2) is 18.0 Å². The molecule has 4 aromatic rings. The number of carbonyl (C=O) groups excluding carboxylic acids is 2. The number of hydrogen-bond acceptors (Lipinski definition) is 4. The van der Waals surface area contributed by atoms with Crippen LogP contribution in [-0.4, -0.2) is 43.1 Å². The van der Waals surface area contributed by atoms with Crippen molar-refractivity contribution in [2.45, 2.75) is 63.5 Å². The van der Waals surface area contributed by atoms with Gasteiger partial charge in [0.05, 0.1) is 38.7 Å². The highest BCUT2D eigenvalue weighted by molar-refractivity contribution is 7.84. The van der Waals surface area contributed by atoms with Crippen LogP contribution in [-0.2, 0) is 22.0 Å². The van der Waals surface area contributed by atoms with Crippen LogP contribution in [0.5, 0.6) is 0 Å². The van der Waals surface area contributed by atoms with Crippen LogP contribution in [0.25, 0.3) is 5.69 Å². The molecule has 5 rings (SSSR count). The van der Waals surface area contributed by atoms with E-state index in [0.29, 0.717) is 28.3 Å². The SMILES string of the molecule is CCN1C(=O)[C@@H](NC(=O)c2cccc(C(F)(F)F)c2)[C@@H](c2ccc(F)cc2)c2c([C@H](C)NS(=O)C(C)(C)C)nn(-c3ccccc3)c21. The molecule has 0 spiro atoms. The number of fused-ring (bicyclic) bond motifs is 1. The van der Waals surface area contributed by atoms with Gasteiger partial charge in [0.2, 0.25) is 0 Å². The number of aromatic nitrogens is 2. The third-order valence-electron chi connectivity index (χ3n) is 7.89. The van der Waals surface area contributed by atoms with Gasteiger partial charge in [-0.15, -0.1) is 0 Å². The summed E-state index contributed by atoms with van der Waals surface area (Å²) < 4.78 is 72.0. The Hall–Kier alpha value is -4.36. The van der Waals surface area contributed by atoms with E-state index in [4.69, 9.17) is 5.10 Å². The molecule has 1 aromatic heterocycles. The zero-order valence-corrected chi connectivity index (χ0v) is 27.2. The highest BCUT2D eigenvalue weighted by Gasteiger charge is 2.47. The summed E-state index contributed by atoms with van der Waals surface area (Å²) in [5.74, 6) is -2.48. The van der Waals surface area contributed by atoms with Crippen molar-refractivity contribution in [2.75, 3.05) is 11.4 Å². The lowest BCUT2D eigenvalue weighted by molar-refractivity contribution is -0.137. The molecule has 1 aliphatic heterocycles. The lowest BCUT2D eigenvalue weighted by Gasteiger charge is -2.39. The molecule has 47 heavy (non-hydrogen) atoms. The van der Waals surface area contributed by atoms with Gasteiger partial charge in [-0.1, -0.05) is 36.4 Å². The Morgan fingerprint density at radius 1 is 1.00 bits per heavy atom. The van der Waals surface area contributed by atoms with Crippen molar-refractivity contribution < 1.29 is 31.4 Å². The molecule has 0 fully saturated rings. The smallest absolute Gasteiger partial charge is 0.339 e. The van der Waals surface area contributed by atoms with Crippen LogP contribution in [0.3, 0.4) is 0 Å². The fourth-order valence-electron chi connectivity index (χ4n) is 5.58. The van der Waals surface area contributed by atoms with Gasteiger partial charge < -0.3 is 5.32 Å². The summed E-state index contributed by atoms with van der Waals surface area (Å²) in [6.07, 6.45) is -4.68. The third-order valence-corrected chi connectivity index (χ3v) is 9.57. The van der Waals surface area contributed by atoms with E-state index in [-0.39, 0.29) is 12.1 Å². The van der Waals surface area contributed by atoms with Crippen molar-refractivity contribution in [3.05, 3.63) is 113 Å². The molecule has 2 heterocycles. The lowest BCUT2D eigenvalue weighted by atomic mass is 9.80. The van der Waals surface area contributed by atoms with E-state index in [9.17, 15) is 31.4 Å². The summed E-state index contributed by atoms with van der Waals surface area (Å²) in [5.41, 5.74) is 0.752. The average molecular weight is 670 g/mol. The first-order valence-corrected chi connectivity index (χ1v) is 16.2. The fraction of sp³-hybridized carbons (Fsp3) is 0.324. The number of halogens is 4. The highest BCUT2D eigenvalue weighted by Crippen LogP contribution is 2.45. The largest absolute Gasteiger partial charge is 0.416 e. The van der Waals surface area contributed by atoms with Gasteiger partial charge in [-0.3, -0.25) is 14.5 Å². The second kappa shape index (κ2) is 13.0. The molecule has 0 radical (unpaired) electrons. The number of benzene rings is 3. The number of hydrogen-bond donors (Lipinski definition) is 2. The normalized spacial score (nSPS) is 18.1. The monoisotopic (exact) mass is 669 g/mol. The molecule has 4 atom stereocenters. The summed E-state index contributed by atoms with van der Waals surface area (Å²) in [4.78, 5) is 29.4. The zero-order chi connectivity index (χ0) is 34.3. The van der Waals surface area contributed by atoms with Crippen LogP contribution in [0.15, 0.2) is 78.9 Å². The highest BCUT2D eigenvalue weighted by atomic mass is 32.2. The first kappa shape index (κ1) is 34.0. The second-order valence-corrected chi connectivity index (χ2v) is 14.2. The van der Waals surface area contributed by atoms with E-state index in [1.54, 1.807) is 18.5 Å². The lowest BCUT2D eigenvalue weighted by Crippen LogP contribution is -2.55. The van der Waals surface area contributed by atoms with Crippen molar-refractivity contribution in [3.63, 3.8) is 0 Å². The van der Waals surface area contributed by atoms with Crippen LogP contribution >= 0.6 is 0 Å². The summed E-state index contributed by atoms with van der Waals surface area (Å²) in [6.45, 7) is 9.15. The Labute approximate surface area is 272 Å². The summed E-state index contributed by atoms with van der Waals surface area (Å²) >= 11 is 0. The molecule has 2 N–H and O–H groups in total. The quantitative estimate of drug-likeness (QED) is 0.211. The van der Waals surface area contributed by atoms with Gasteiger partial charge in [0.1, 0.15) is 17.7 Å². The maximum absolute atomic E-state index is 14.4. The standard InChI is InChI=1S/C34H35F4N5O3S/c1-6-42-31-27(28(20(2)41-47(46)33(3,4)5)40-43(31)25-13-8-7-9-14-25)26(21-15-17-24(35)18-16-21)29(32(42)45)39-30(44)22-11-10-12-23(19-22)34(36,37)38/h7-20,26,29,41H,6H2,1-5H3,(H,39,44)/t20-,26-,29-,47?/m0/s1. The van der Waals surface area contributed by atoms with E-state index in [1.807, 2.05) is 51.1 Å². The Morgan fingerprint density at radius 3 is 2.26 bits per heavy atom. The molecule has 0 aliphatic carbocycles. The number of para-hydroxylation sites is 1. The van der Waals surface area contributed by atoms with Crippen molar-refractivity contribution in [3.8, 4) is 5.69 Å². The zero-order valence-electron chi connectivity index (χ0n) is 26.4. The first-order chi connectivity index (χ1) is 22.1. The van der Waals surface area contributed by atoms with E-state index in [0.717, 1.165) is 18.2 Å². The minimum atomic E-state index is -4.68. The van der Waals surface area contributed by atoms with Crippen molar-refractivity contribution in [1.29, 1.82) is 0 Å². The number of amides is 2. The predicted octanol–water partition coefficient (Wildman–Crippen LogP) is 6.44. The Bertz CT molecular complexity index is 1800. The molecule has 0 saturated carbocycles. The summed E-state index contributed by atoms with van der Waals surface area (Å²) in [6, 6.07) is 16.5. The first-order valence-electron chi connectivity index (χ1n) is 15.0. The molecule has 248 valence electrons. The number of alkyl halides is 3. The van der Waals surface area contributed by atoms with E-state index < -0.39 is 63.1 Å². The van der Waals surface area contributed by atoms with Gasteiger partial charge >= 0.3 is 6.18 Å². The second-order valence-electron chi connectivity index (χ2n) is 12.2. The van der Waals surface area contributed by atoms with Crippen molar-refractivity contribution in [2.24, 2.45) is 0 Å². The number of carbonyl (C=O) groups is 2. The minimum Gasteiger partial charge on any atom is -0.339 e. The van der Waals surface area contributed by atoms with Gasteiger partial charge in [0, 0.05) is 23.6 Å². The summed E-state index contributed by atoms with van der Waals surface area (Å²) in [7, 11) is -1.52. The average Bonchev–Trinajstić information content (AvgIpc) is 3.42. The van der Waals surface area contributed by atoms with Crippen LogP contribution in [0.1, 0.15) is 79.3 Å². The molecule has 3 aromatic carbocycles. The van der Waals surface area contributed by atoms with E-state index in [1.165, 1.54) is 35.2 Å². The molecular weight excluding hydrogens is 634 g/mol. The van der Waals surface area contributed by atoms with Crippen LogP contribution in [0.2, 0.25) is 0 Å². The summed E-state index contributed by atoms with van der Waals surface area (Å²) in [5, 5.41) is 7.65. The maximum atomic E-state index is 14.4. The Morgan fingerprint density at radius 2 is 1.66 bits per heavy atom. The van der Waals surface area contributed by atoms with Crippen LogP contribution in [0, 0.1) is 5.82 Å². The Balaban J connectivity index is 1.73. The molecule has 2 amide bonds. The van der Waals surface area contributed by atoms with Crippen LogP contribution < -0.4 is 14.9 Å². The van der Waals surface area contributed by atoms with Gasteiger partial charge in [0.15, 0.2) is 0 Å². The van der Waals surface area contributed by atoms with Crippen LogP contribution in [0.4, 0.5) is 23.4 Å². The molecule has 13 heteroatoms. The molecule has 8 nitrogen and oxygen atoms in total. The maximum Gasteiger partial charge on any atom is 0.416 e. The molecular formula is C34H35F4N5O3S. The topological polar surface area (TPSA) is 96.3 Å². The molecule has 1 unspecified atom stereocenters. The molecule has 0 saturated heterocycles. The number of anilines is 1. The third kappa shape index (κ3) is 6.86. The van der Waals surface area contributed by atoms with Crippen molar-refractivity contribution >= 4 is 28.6 Å². The molecule has 1 aliphatic rings. The van der Waals surface area contributed by atoms with Gasteiger partial charge in [-0.2, -0.15) is 18.3 Å². The minimum absolute atomic E-state index is 0.158. The van der Waals surface area contributed by atoms with Gasteiger partial charge in [0.25, 0.3) is 11.8 Å². The van der Waals surface area contributed by atoms with Crippen molar-refractivity contribution in [1.82, 2.24) is 19.8 Å². The van der Waals surface area contributed by atoms with Gasteiger partial charge in [-0.05, 0) is 82.6 Å². The van der Waals surface area contributed by atoms with E-state index >= 15 is 0 Å². The number of likely N-dealkylation sites (N-methyl/N-ethyl adjacent to an activating group) is 1. The number of nitrogens with one attached hydrogen (secondary N) is 2. The number of nitrogens with zero attached hydrogens (tertiary/aromatic N) is 3. The number of rotatable bonds is 8. The Kier molecular flexibility index (Phi) is 9.43. The fourth-order valence-corrected chi connectivity index (χ4v) is 6.37. The molecule has 0 bridgehead atoms. The van der Waals surface area contributed by atoms with E-state index in [2.05, 4.69) is 10.0 Å². The predicted molar refractivity (Wildman–Crippen MR) is 172 cm³/mol.